The maximum absolute atomic E-state index is 5.38. The van der Waals surface area contributed by atoms with Crippen molar-refractivity contribution in [2.45, 2.75) is 0 Å². The summed E-state index contributed by atoms with van der Waals surface area (Å²) >= 11 is 0. The van der Waals surface area contributed by atoms with Crippen molar-refractivity contribution in [2.24, 2.45) is 0 Å². The van der Waals surface area contributed by atoms with Crippen LogP contribution in [0.1, 0.15) is 0 Å². The Labute approximate surface area is 299 Å². The molecule has 0 fully saturated rings. The van der Waals surface area contributed by atoms with Crippen molar-refractivity contribution in [3.63, 3.8) is 0 Å². The Balaban J connectivity index is 1.15. The molecule has 0 saturated heterocycles. The lowest BCUT2D eigenvalue weighted by Crippen LogP contribution is -1.97. The summed E-state index contributed by atoms with van der Waals surface area (Å²) in [4.78, 5) is 10.6. The molecule has 3 aromatic heterocycles. The second kappa shape index (κ2) is 11.2. The van der Waals surface area contributed by atoms with E-state index >= 15 is 0 Å². The highest BCUT2D eigenvalue weighted by molar-refractivity contribution is 6.19. The quantitative estimate of drug-likeness (QED) is 0.188. The van der Waals surface area contributed by atoms with E-state index < -0.39 is 0 Å². The normalized spacial score (nSPS) is 11.8. The van der Waals surface area contributed by atoms with Crippen LogP contribution in [0.15, 0.2) is 182 Å². The monoisotopic (exact) mass is 662 g/mol. The molecule has 0 bridgehead atoms. The summed E-state index contributed by atoms with van der Waals surface area (Å²) in [5, 5.41) is 8.33. The Bertz CT molecular complexity index is 3170. The van der Waals surface area contributed by atoms with Gasteiger partial charge in [-0.1, -0.05) is 127 Å². The number of para-hydroxylation sites is 4. The molecule has 0 N–H and O–H groups in total. The van der Waals surface area contributed by atoms with Crippen LogP contribution in [0, 0.1) is 0 Å². The van der Waals surface area contributed by atoms with E-state index in [-0.39, 0.29) is 0 Å². The van der Waals surface area contributed by atoms with Crippen LogP contribution < -0.4 is 0 Å². The van der Waals surface area contributed by atoms with Crippen LogP contribution in [0.25, 0.3) is 99.3 Å². The Morgan fingerprint density at radius 2 is 0.962 bits per heavy atom. The fourth-order valence-corrected chi connectivity index (χ4v) is 8.16. The smallest absolute Gasteiger partial charge is 0.160 e. The number of hydrogen-bond acceptors (Lipinski definition) is 2. The lowest BCUT2D eigenvalue weighted by molar-refractivity contribution is 1.18. The number of fused-ring (bicyclic) bond motifs is 9. The van der Waals surface area contributed by atoms with Gasteiger partial charge in [-0.25, -0.2) is 9.97 Å². The van der Waals surface area contributed by atoms with E-state index in [4.69, 9.17) is 9.97 Å². The predicted octanol–water partition coefficient (Wildman–Crippen LogP) is 12.3. The van der Waals surface area contributed by atoms with E-state index in [2.05, 4.69) is 191 Å². The van der Waals surface area contributed by atoms with Gasteiger partial charge in [0.05, 0.1) is 33.3 Å². The van der Waals surface area contributed by atoms with Crippen LogP contribution in [0.2, 0.25) is 0 Å². The number of aromatic nitrogens is 4. The topological polar surface area (TPSA) is 35.6 Å². The van der Waals surface area contributed by atoms with Gasteiger partial charge in [-0.15, -0.1) is 0 Å². The first-order chi connectivity index (χ1) is 25.8. The van der Waals surface area contributed by atoms with E-state index in [0.717, 1.165) is 44.6 Å². The number of benzene rings is 8. The van der Waals surface area contributed by atoms with E-state index in [9.17, 15) is 0 Å². The maximum atomic E-state index is 5.38. The first-order valence-corrected chi connectivity index (χ1v) is 17.7. The second-order valence-corrected chi connectivity index (χ2v) is 13.4. The molecule has 3 heterocycles. The lowest BCUT2D eigenvalue weighted by atomic mass is 10.0. The largest absolute Gasteiger partial charge is 0.309 e. The molecular weight excluding hydrogens is 633 g/mol. The van der Waals surface area contributed by atoms with Crippen molar-refractivity contribution >= 4 is 65.3 Å². The highest BCUT2D eigenvalue weighted by Gasteiger charge is 2.19. The molecule has 4 nitrogen and oxygen atoms in total. The van der Waals surface area contributed by atoms with Gasteiger partial charge in [0.1, 0.15) is 0 Å². The fraction of sp³-hybridized carbons (Fsp3) is 0. The van der Waals surface area contributed by atoms with Crippen molar-refractivity contribution in [3.8, 4) is 34.0 Å². The van der Waals surface area contributed by atoms with E-state index in [1.165, 1.54) is 48.9 Å². The van der Waals surface area contributed by atoms with Gasteiger partial charge in [-0.2, -0.15) is 0 Å². The minimum Gasteiger partial charge on any atom is -0.309 e. The Morgan fingerprint density at radius 1 is 0.346 bits per heavy atom. The molecule has 0 radical (unpaired) electrons. The van der Waals surface area contributed by atoms with Crippen molar-refractivity contribution in [3.05, 3.63) is 182 Å². The summed E-state index contributed by atoms with van der Waals surface area (Å²) in [7, 11) is 0. The molecule has 0 atom stereocenters. The minimum atomic E-state index is 0.706. The van der Waals surface area contributed by atoms with Crippen LogP contribution in [-0.2, 0) is 0 Å². The summed E-state index contributed by atoms with van der Waals surface area (Å²) in [5.41, 5.74) is 10.8. The highest BCUT2D eigenvalue weighted by Crippen LogP contribution is 2.40. The van der Waals surface area contributed by atoms with E-state index in [1.807, 2.05) is 0 Å². The summed E-state index contributed by atoms with van der Waals surface area (Å²) < 4.78 is 4.75. The molecule has 242 valence electrons. The average molecular weight is 663 g/mol. The molecule has 11 aromatic rings. The minimum absolute atomic E-state index is 0.706. The number of nitrogens with zero attached hydrogens (tertiary/aromatic N) is 4. The van der Waals surface area contributed by atoms with Crippen molar-refractivity contribution in [1.29, 1.82) is 0 Å². The molecule has 0 aliphatic rings. The molecule has 0 spiro atoms. The van der Waals surface area contributed by atoms with Crippen molar-refractivity contribution in [2.75, 3.05) is 0 Å². The zero-order valence-electron chi connectivity index (χ0n) is 28.1. The molecule has 52 heavy (non-hydrogen) atoms. The van der Waals surface area contributed by atoms with Crippen molar-refractivity contribution in [1.82, 2.24) is 19.1 Å². The van der Waals surface area contributed by atoms with Gasteiger partial charge >= 0.3 is 0 Å². The lowest BCUT2D eigenvalue weighted by Gasteiger charge is -2.12. The molecule has 0 aliphatic carbocycles. The van der Waals surface area contributed by atoms with Crippen molar-refractivity contribution < 1.29 is 0 Å². The maximum Gasteiger partial charge on any atom is 0.160 e. The van der Waals surface area contributed by atoms with E-state index in [1.54, 1.807) is 0 Å². The SMILES string of the molecule is c1ccc(-n2c3ccccc3c3cc(-c4nc(-c5ccc6c7ccc8ccccc8c7n(-c7ccccc7)c6c5)nc5ccccc45)ccc32)cc1. The average Bonchev–Trinajstić information content (AvgIpc) is 3.73. The third-order valence-corrected chi connectivity index (χ3v) is 10.5. The van der Waals surface area contributed by atoms with Gasteiger partial charge in [0.25, 0.3) is 0 Å². The van der Waals surface area contributed by atoms with Gasteiger partial charge in [0.15, 0.2) is 5.82 Å². The number of rotatable bonds is 4. The molecule has 8 aromatic carbocycles. The van der Waals surface area contributed by atoms with Gasteiger partial charge in [0, 0.05) is 54.8 Å². The zero-order valence-corrected chi connectivity index (χ0v) is 28.1. The molecule has 4 heteroatoms. The number of hydrogen-bond donors (Lipinski definition) is 0. The van der Waals surface area contributed by atoms with Crippen LogP contribution >= 0.6 is 0 Å². The second-order valence-electron chi connectivity index (χ2n) is 13.4. The summed E-state index contributed by atoms with van der Waals surface area (Å²) in [6.45, 7) is 0. The Morgan fingerprint density at radius 3 is 1.79 bits per heavy atom. The third-order valence-electron chi connectivity index (χ3n) is 10.5. The highest BCUT2D eigenvalue weighted by atomic mass is 15.0. The molecule has 0 amide bonds. The van der Waals surface area contributed by atoms with Crippen LogP contribution in [-0.4, -0.2) is 19.1 Å². The molecule has 0 unspecified atom stereocenters. The van der Waals surface area contributed by atoms with Gasteiger partial charge in [0.2, 0.25) is 0 Å². The van der Waals surface area contributed by atoms with Gasteiger partial charge in [-0.3, -0.25) is 0 Å². The molecule has 0 saturated carbocycles. The third kappa shape index (κ3) is 4.28. The Hall–Kier alpha value is -7.04. The predicted molar refractivity (Wildman–Crippen MR) is 217 cm³/mol. The van der Waals surface area contributed by atoms with Crippen LogP contribution in [0.3, 0.4) is 0 Å². The first kappa shape index (κ1) is 28.8. The summed E-state index contributed by atoms with van der Waals surface area (Å²) in [6, 6.07) is 64.8. The van der Waals surface area contributed by atoms with Crippen LogP contribution in [0.5, 0.6) is 0 Å². The summed E-state index contributed by atoms with van der Waals surface area (Å²) in [6.07, 6.45) is 0. The standard InChI is InChI=1S/C48H30N4/c1-3-14-34(15-4-1)51-43-22-12-10-19-37(43)41-29-32(25-28-44(41)51)46-40-20-9-11-21-42(40)49-48(50-46)33-24-26-38-39-27-23-31-13-7-8-18-36(31)47(39)52(45(38)30-33)35-16-5-2-6-17-35/h1-30H. The molecular formula is C48H30N4. The fourth-order valence-electron chi connectivity index (χ4n) is 8.16. The molecule has 11 rings (SSSR count). The van der Waals surface area contributed by atoms with E-state index in [0.29, 0.717) is 5.82 Å². The van der Waals surface area contributed by atoms with Crippen LogP contribution in [0.4, 0.5) is 0 Å². The summed E-state index contributed by atoms with van der Waals surface area (Å²) in [5.74, 6) is 0.706. The first-order valence-electron chi connectivity index (χ1n) is 17.7. The Kier molecular flexibility index (Phi) is 6.22. The van der Waals surface area contributed by atoms with Gasteiger partial charge in [-0.05, 0) is 60.0 Å². The molecule has 0 aliphatic heterocycles. The zero-order chi connectivity index (χ0) is 34.2. The van der Waals surface area contributed by atoms with Gasteiger partial charge < -0.3 is 9.13 Å².